The highest BCUT2D eigenvalue weighted by molar-refractivity contribution is 5.96. The Hall–Kier alpha value is -1.05. The molecule has 14 heavy (non-hydrogen) atoms. The topological polar surface area (TPSA) is 32.9 Å². The Morgan fingerprint density at radius 1 is 1.43 bits per heavy atom. The zero-order valence-electron chi connectivity index (χ0n) is 8.62. The van der Waals surface area contributed by atoms with Crippen molar-refractivity contribution in [3.8, 4) is 0 Å². The normalized spacial score (nSPS) is 27.5. The van der Waals surface area contributed by atoms with Crippen molar-refractivity contribution >= 4 is 5.78 Å². The third-order valence-corrected chi connectivity index (χ3v) is 3.31. The van der Waals surface area contributed by atoms with Gasteiger partial charge in [0.1, 0.15) is 0 Å². The number of hydrogen-bond donors (Lipinski definition) is 1. The molecule has 1 N–H and O–H groups in total. The SMILES string of the molecule is CC1CCCCC1C(=O)c1ccc[nH]1. The van der Waals surface area contributed by atoms with Crippen LogP contribution >= 0.6 is 0 Å². The van der Waals surface area contributed by atoms with Crippen LogP contribution in [0.2, 0.25) is 0 Å². The van der Waals surface area contributed by atoms with E-state index in [0.29, 0.717) is 11.7 Å². The molecule has 2 rings (SSSR count). The maximum atomic E-state index is 12.0. The molecular weight excluding hydrogens is 174 g/mol. The van der Waals surface area contributed by atoms with Gasteiger partial charge in [-0.2, -0.15) is 0 Å². The first-order valence-electron chi connectivity index (χ1n) is 5.46. The summed E-state index contributed by atoms with van der Waals surface area (Å²) in [5, 5.41) is 0. The van der Waals surface area contributed by atoms with Crippen molar-refractivity contribution in [2.24, 2.45) is 11.8 Å². The maximum Gasteiger partial charge on any atom is 0.182 e. The first kappa shape index (κ1) is 9.50. The average molecular weight is 191 g/mol. The smallest absolute Gasteiger partial charge is 0.182 e. The number of carbonyl (C=O) groups excluding carboxylic acids is 1. The standard InChI is InChI=1S/C12H17NO/c1-9-5-2-3-6-10(9)12(14)11-7-4-8-13-11/h4,7-10,13H,2-3,5-6H2,1H3. The second kappa shape index (κ2) is 3.99. The van der Waals surface area contributed by atoms with Crippen molar-refractivity contribution in [1.29, 1.82) is 0 Å². The Morgan fingerprint density at radius 2 is 2.21 bits per heavy atom. The Morgan fingerprint density at radius 3 is 2.86 bits per heavy atom. The number of ketones is 1. The Labute approximate surface area is 84.7 Å². The molecule has 1 aliphatic carbocycles. The Kier molecular flexibility index (Phi) is 2.71. The summed E-state index contributed by atoms with van der Waals surface area (Å²) in [7, 11) is 0. The predicted molar refractivity (Wildman–Crippen MR) is 56.2 cm³/mol. The monoisotopic (exact) mass is 191 g/mol. The van der Waals surface area contributed by atoms with Crippen molar-refractivity contribution in [3.63, 3.8) is 0 Å². The highest BCUT2D eigenvalue weighted by Crippen LogP contribution is 2.31. The van der Waals surface area contributed by atoms with Gasteiger partial charge in [-0.3, -0.25) is 4.79 Å². The molecule has 0 aromatic carbocycles. The van der Waals surface area contributed by atoms with Gasteiger partial charge in [0.15, 0.2) is 5.78 Å². The van der Waals surface area contributed by atoms with Gasteiger partial charge in [-0.15, -0.1) is 0 Å². The number of H-pyrrole nitrogens is 1. The van der Waals surface area contributed by atoms with Gasteiger partial charge in [-0.05, 0) is 24.5 Å². The van der Waals surface area contributed by atoms with E-state index in [0.717, 1.165) is 12.1 Å². The van der Waals surface area contributed by atoms with Crippen molar-refractivity contribution in [3.05, 3.63) is 24.0 Å². The van der Waals surface area contributed by atoms with E-state index in [4.69, 9.17) is 0 Å². The maximum absolute atomic E-state index is 12.0. The van der Waals surface area contributed by atoms with Crippen molar-refractivity contribution in [2.45, 2.75) is 32.6 Å². The first-order chi connectivity index (χ1) is 6.79. The third kappa shape index (κ3) is 1.74. The molecule has 2 heteroatoms. The van der Waals surface area contributed by atoms with Gasteiger partial charge in [0.2, 0.25) is 0 Å². The lowest BCUT2D eigenvalue weighted by Gasteiger charge is -2.26. The summed E-state index contributed by atoms with van der Waals surface area (Å²) in [6, 6.07) is 3.77. The van der Waals surface area contributed by atoms with Gasteiger partial charge < -0.3 is 4.98 Å². The molecule has 1 heterocycles. The molecule has 0 bridgehead atoms. The summed E-state index contributed by atoms with van der Waals surface area (Å²) in [6.07, 6.45) is 6.59. The lowest BCUT2D eigenvalue weighted by atomic mass is 9.77. The van der Waals surface area contributed by atoms with Gasteiger partial charge in [0.25, 0.3) is 0 Å². The van der Waals surface area contributed by atoms with E-state index >= 15 is 0 Å². The summed E-state index contributed by atoms with van der Waals surface area (Å²) in [4.78, 5) is 15.0. The fourth-order valence-electron chi connectivity index (χ4n) is 2.39. The molecule has 0 spiro atoms. The third-order valence-electron chi connectivity index (χ3n) is 3.31. The number of Topliss-reactive ketones (excluding diaryl/α,β-unsaturated/α-hetero) is 1. The molecule has 2 atom stereocenters. The minimum atomic E-state index is 0.252. The molecule has 0 amide bonds. The molecule has 2 unspecified atom stereocenters. The molecule has 1 aromatic heterocycles. The van der Waals surface area contributed by atoms with Gasteiger partial charge in [0.05, 0.1) is 5.69 Å². The average Bonchev–Trinajstić information content (AvgIpc) is 2.70. The summed E-state index contributed by atoms with van der Waals surface area (Å²) >= 11 is 0. The quantitative estimate of drug-likeness (QED) is 0.716. The predicted octanol–water partition coefficient (Wildman–Crippen LogP) is 3.02. The molecule has 0 radical (unpaired) electrons. The van der Waals surface area contributed by atoms with Crippen LogP contribution in [-0.4, -0.2) is 10.8 Å². The highest BCUT2D eigenvalue weighted by atomic mass is 16.1. The molecule has 0 aliphatic heterocycles. The summed E-state index contributed by atoms with van der Waals surface area (Å²) in [5.74, 6) is 1.11. The number of nitrogens with one attached hydrogen (secondary N) is 1. The van der Waals surface area contributed by atoms with Gasteiger partial charge in [0, 0.05) is 12.1 Å². The van der Waals surface area contributed by atoms with Gasteiger partial charge >= 0.3 is 0 Å². The second-order valence-electron chi connectivity index (χ2n) is 4.32. The zero-order valence-corrected chi connectivity index (χ0v) is 8.62. The van der Waals surface area contributed by atoms with Crippen molar-refractivity contribution in [1.82, 2.24) is 4.98 Å². The molecular formula is C12H17NO. The first-order valence-corrected chi connectivity index (χ1v) is 5.46. The lowest BCUT2D eigenvalue weighted by Crippen LogP contribution is -2.25. The van der Waals surface area contributed by atoms with E-state index < -0.39 is 0 Å². The Balaban J connectivity index is 2.10. The number of hydrogen-bond acceptors (Lipinski definition) is 1. The van der Waals surface area contributed by atoms with E-state index in [-0.39, 0.29) is 5.92 Å². The fraction of sp³-hybridized carbons (Fsp3) is 0.583. The van der Waals surface area contributed by atoms with E-state index in [1.165, 1.54) is 19.3 Å². The van der Waals surface area contributed by atoms with Crippen molar-refractivity contribution in [2.75, 3.05) is 0 Å². The molecule has 2 nitrogen and oxygen atoms in total. The molecule has 1 saturated carbocycles. The largest absolute Gasteiger partial charge is 0.359 e. The number of aromatic nitrogens is 1. The lowest BCUT2D eigenvalue weighted by molar-refractivity contribution is 0.0832. The van der Waals surface area contributed by atoms with E-state index in [1.54, 1.807) is 0 Å². The molecule has 1 fully saturated rings. The van der Waals surface area contributed by atoms with Crippen LogP contribution in [0.25, 0.3) is 0 Å². The van der Waals surface area contributed by atoms with Crippen LogP contribution in [-0.2, 0) is 0 Å². The van der Waals surface area contributed by atoms with E-state index in [2.05, 4.69) is 11.9 Å². The second-order valence-corrected chi connectivity index (χ2v) is 4.32. The fourth-order valence-corrected chi connectivity index (χ4v) is 2.39. The van der Waals surface area contributed by atoms with Crippen LogP contribution in [0.4, 0.5) is 0 Å². The number of rotatable bonds is 2. The van der Waals surface area contributed by atoms with Gasteiger partial charge in [-0.1, -0.05) is 26.2 Å². The minimum absolute atomic E-state index is 0.252. The van der Waals surface area contributed by atoms with Gasteiger partial charge in [-0.25, -0.2) is 0 Å². The zero-order chi connectivity index (χ0) is 9.97. The summed E-state index contributed by atoms with van der Waals surface area (Å²) < 4.78 is 0. The van der Waals surface area contributed by atoms with Crippen LogP contribution < -0.4 is 0 Å². The van der Waals surface area contributed by atoms with Crippen molar-refractivity contribution < 1.29 is 4.79 Å². The number of aromatic amines is 1. The number of carbonyl (C=O) groups is 1. The summed E-state index contributed by atoms with van der Waals surface area (Å²) in [5.41, 5.74) is 0.781. The Bertz CT molecular complexity index is 302. The van der Waals surface area contributed by atoms with Crippen LogP contribution in [0.3, 0.4) is 0 Å². The van der Waals surface area contributed by atoms with Crippen LogP contribution in [0, 0.1) is 11.8 Å². The van der Waals surface area contributed by atoms with E-state index in [9.17, 15) is 4.79 Å². The molecule has 0 saturated heterocycles. The highest BCUT2D eigenvalue weighted by Gasteiger charge is 2.28. The van der Waals surface area contributed by atoms with E-state index in [1.807, 2.05) is 18.3 Å². The molecule has 1 aromatic rings. The van der Waals surface area contributed by atoms with Crippen LogP contribution in [0.5, 0.6) is 0 Å². The molecule has 76 valence electrons. The minimum Gasteiger partial charge on any atom is -0.359 e. The van der Waals surface area contributed by atoms with Crippen LogP contribution in [0.15, 0.2) is 18.3 Å². The molecule has 1 aliphatic rings. The van der Waals surface area contributed by atoms with Crippen LogP contribution in [0.1, 0.15) is 43.1 Å². The summed E-state index contributed by atoms with van der Waals surface area (Å²) in [6.45, 7) is 2.20.